The second kappa shape index (κ2) is 8.64. The van der Waals surface area contributed by atoms with Crippen molar-refractivity contribution in [1.82, 2.24) is 5.32 Å². The molecule has 2 aliphatic rings. The SMILES string of the molecule is CC1CC[C@@H](C(C)(C)C)[C@H](OC(=O)NC2C(C(=O)OC(C)(C)C)=Nc3ccccc32)C1. The lowest BCUT2D eigenvalue weighted by molar-refractivity contribution is -0.146. The van der Waals surface area contributed by atoms with Gasteiger partial charge in [0, 0.05) is 11.5 Å². The van der Waals surface area contributed by atoms with E-state index in [9.17, 15) is 9.59 Å². The summed E-state index contributed by atoms with van der Waals surface area (Å²) in [6.45, 7) is 14.2. The van der Waals surface area contributed by atoms with E-state index >= 15 is 0 Å². The van der Waals surface area contributed by atoms with Crippen molar-refractivity contribution in [1.29, 1.82) is 0 Å². The van der Waals surface area contributed by atoms with Crippen molar-refractivity contribution in [2.24, 2.45) is 22.2 Å². The van der Waals surface area contributed by atoms with Crippen LogP contribution >= 0.6 is 0 Å². The highest BCUT2D eigenvalue weighted by Crippen LogP contribution is 2.42. The number of ether oxygens (including phenoxy) is 2. The molecule has 2 unspecified atom stereocenters. The molecule has 1 fully saturated rings. The molecular formula is C25H36N2O4. The molecule has 1 heterocycles. The van der Waals surface area contributed by atoms with Gasteiger partial charge in [0.1, 0.15) is 17.7 Å². The minimum Gasteiger partial charge on any atom is -0.455 e. The highest BCUT2D eigenvalue weighted by atomic mass is 16.6. The van der Waals surface area contributed by atoms with Crippen LogP contribution in [0.4, 0.5) is 10.5 Å². The minimum absolute atomic E-state index is 0.0498. The van der Waals surface area contributed by atoms with Crippen LogP contribution in [0.5, 0.6) is 0 Å². The third kappa shape index (κ3) is 5.66. The number of esters is 1. The molecule has 1 saturated carbocycles. The van der Waals surface area contributed by atoms with Crippen molar-refractivity contribution in [3.05, 3.63) is 29.8 Å². The summed E-state index contributed by atoms with van der Waals surface area (Å²) in [6, 6.07) is 6.72. The Balaban J connectivity index is 1.77. The van der Waals surface area contributed by atoms with Gasteiger partial charge in [0.05, 0.1) is 5.69 Å². The average Bonchev–Trinajstić information content (AvgIpc) is 2.98. The number of benzene rings is 1. The molecular weight excluding hydrogens is 392 g/mol. The summed E-state index contributed by atoms with van der Waals surface area (Å²) < 4.78 is 11.5. The van der Waals surface area contributed by atoms with Gasteiger partial charge in [0.2, 0.25) is 0 Å². The van der Waals surface area contributed by atoms with Gasteiger partial charge in [-0.1, -0.05) is 52.3 Å². The van der Waals surface area contributed by atoms with Crippen LogP contribution in [-0.2, 0) is 14.3 Å². The van der Waals surface area contributed by atoms with Gasteiger partial charge in [-0.3, -0.25) is 0 Å². The molecule has 1 aliphatic carbocycles. The maximum absolute atomic E-state index is 13.0. The first kappa shape index (κ1) is 23.3. The Morgan fingerprint density at radius 3 is 2.39 bits per heavy atom. The summed E-state index contributed by atoms with van der Waals surface area (Å²) in [6.07, 6.45) is 2.37. The van der Waals surface area contributed by atoms with Crippen molar-refractivity contribution in [2.75, 3.05) is 0 Å². The van der Waals surface area contributed by atoms with Crippen LogP contribution in [0.3, 0.4) is 0 Å². The van der Waals surface area contributed by atoms with E-state index in [1.807, 2.05) is 24.3 Å². The largest absolute Gasteiger partial charge is 0.455 e. The minimum atomic E-state index is -0.687. The first-order chi connectivity index (χ1) is 14.3. The number of alkyl carbamates (subject to hydrolysis) is 1. The van der Waals surface area contributed by atoms with Gasteiger partial charge in [-0.15, -0.1) is 0 Å². The van der Waals surface area contributed by atoms with Crippen LogP contribution in [0.1, 0.15) is 79.3 Å². The van der Waals surface area contributed by atoms with Gasteiger partial charge in [0.25, 0.3) is 0 Å². The van der Waals surface area contributed by atoms with Crippen molar-refractivity contribution in [2.45, 2.75) is 85.5 Å². The lowest BCUT2D eigenvalue weighted by Gasteiger charge is -2.41. The van der Waals surface area contributed by atoms with E-state index in [4.69, 9.17) is 9.47 Å². The molecule has 0 bridgehead atoms. The molecule has 1 aliphatic heterocycles. The summed E-state index contributed by atoms with van der Waals surface area (Å²) in [5.41, 5.74) is 1.00. The number of rotatable bonds is 3. The summed E-state index contributed by atoms with van der Waals surface area (Å²) in [7, 11) is 0. The number of para-hydroxylation sites is 1. The van der Waals surface area contributed by atoms with E-state index in [-0.39, 0.29) is 17.2 Å². The number of carbonyl (C=O) groups is 2. The molecule has 6 nitrogen and oxygen atoms in total. The highest BCUT2D eigenvalue weighted by Gasteiger charge is 2.40. The van der Waals surface area contributed by atoms with Gasteiger partial charge in [0.15, 0.2) is 5.71 Å². The van der Waals surface area contributed by atoms with Crippen LogP contribution in [0, 0.1) is 17.3 Å². The molecule has 0 saturated heterocycles. The molecule has 0 aromatic heterocycles. The molecule has 6 heteroatoms. The fraction of sp³-hybridized carbons (Fsp3) is 0.640. The van der Waals surface area contributed by atoms with E-state index in [1.54, 1.807) is 20.8 Å². The second-order valence-corrected chi connectivity index (χ2v) is 11.0. The summed E-state index contributed by atoms with van der Waals surface area (Å²) >= 11 is 0. The molecule has 1 aromatic rings. The molecule has 1 amide bonds. The van der Waals surface area contributed by atoms with E-state index in [0.717, 1.165) is 24.8 Å². The predicted molar refractivity (Wildman–Crippen MR) is 121 cm³/mol. The van der Waals surface area contributed by atoms with Crippen LogP contribution in [0.25, 0.3) is 0 Å². The zero-order chi connectivity index (χ0) is 23.0. The number of hydrogen-bond acceptors (Lipinski definition) is 5. The van der Waals surface area contributed by atoms with Gasteiger partial charge in [-0.2, -0.15) is 0 Å². The number of fused-ring (bicyclic) bond motifs is 1. The average molecular weight is 429 g/mol. The van der Waals surface area contributed by atoms with Crippen molar-refractivity contribution in [3.63, 3.8) is 0 Å². The molecule has 1 aromatic carbocycles. The third-order valence-corrected chi connectivity index (χ3v) is 6.06. The quantitative estimate of drug-likeness (QED) is 0.624. The Kier molecular flexibility index (Phi) is 6.49. The van der Waals surface area contributed by atoms with Crippen LogP contribution in [0.2, 0.25) is 0 Å². The highest BCUT2D eigenvalue weighted by molar-refractivity contribution is 6.40. The maximum atomic E-state index is 13.0. The topological polar surface area (TPSA) is 77.0 Å². The van der Waals surface area contributed by atoms with Crippen LogP contribution in [0.15, 0.2) is 29.3 Å². The third-order valence-electron chi connectivity index (χ3n) is 6.06. The van der Waals surface area contributed by atoms with Crippen molar-refractivity contribution in [3.8, 4) is 0 Å². The normalized spacial score (nSPS) is 26.0. The number of nitrogens with one attached hydrogen (secondary N) is 1. The molecule has 0 radical (unpaired) electrons. The zero-order valence-electron chi connectivity index (χ0n) is 19.8. The monoisotopic (exact) mass is 428 g/mol. The number of nitrogens with zero attached hydrogens (tertiary/aromatic N) is 1. The Morgan fingerprint density at radius 1 is 1.06 bits per heavy atom. The van der Waals surface area contributed by atoms with E-state index in [1.165, 1.54) is 0 Å². The van der Waals surface area contributed by atoms with Gasteiger partial charge < -0.3 is 14.8 Å². The lowest BCUT2D eigenvalue weighted by atomic mass is 9.68. The molecule has 170 valence electrons. The van der Waals surface area contributed by atoms with Crippen LogP contribution < -0.4 is 5.32 Å². The summed E-state index contributed by atoms with van der Waals surface area (Å²) in [4.78, 5) is 30.2. The second-order valence-electron chi connectivity index (χ2n) is 11.0. The van der Waals surface area contributed by atoms with Crippen molar-refractivity contribution >= 4 is 23.5 Å². The molecule has 3 rings (SSSR count). The van der Waals surface area contributed by atoms with E-state index in [2.05, 4.69) is 38.0 Å². The predicted octanol–water partition coefficient (Wildman–Crippen LogP) is 5.73. The molecule has 31 heavy (non-hydrogen) atoms. The molecule has 4 atom stereocenters. The Bertz CT molecular complexity index is 863. The Labute approximate surface area is 185 Å². The van der Waals surface area contributed by atoms with Gasteiger partial charge in [-0.25, -0.2) is 14.6 Å². The first-order valence-electron chi connectivity index (χ1n) is 11.2. The number of amides is 1. The van der Waals surface area contributed by atoms with Gasteiger partial charge >= 0.3 is 12.1 Å². The molecule has 1 N–H and O–H groups in total. The zero-order valence-corrected chi connectivity index (χ0v) is 19.8. The fourth-order valence-corrected chi connectivity index (χ4v) is 4.55. The number of carbonyl (C=O) groups excluding carboxylic acids is 2. The Morgan fingerprint density at radius 2 is 1.74 bits per heavy atom. The first-order valence-corrected chi connectivity index (χ1v) is 11.2. The van der Waals surface area contributed by atoms with Gasteiger partial charge in [-0.05, 0) is 51.0 Å². The number of hydrogen-bond donors (Lipinski definition) is 1. The summed E-state index contributed by atoms with van der Waals surface area (Å²) in [5, 5.41) is 2.89. The standard InChI is InChI=1S/C25H36N2O4/c1-15-12-13-17(24(2,3)4)19(14-15)30-23(29)27-20-16-10-8-9-11-18(16)26-21(20)22(28)31-25(5,6)7/h8-11,15,17,19-20H,12-14H2,1-7H3,(H,27,29)/t15?,17-,19-,20?/m1/s1. The number of aliphatic imine (C=N–C) groups is 1. The smallest absolute Gasteiger partial charge is 0.408 e. The Hall–Kier alpha value is -2.37. The van der Waals surface area contributed by atoms with Crippen molar-refractivity contribution < 1.29 is 19.1 Å². The van der Waals surface area contributed by atoms with E-state index < -0.39 is 23.7 Å². The fourth-order valence-electron chi connectivity index (χ4n) is 4.55. The van der Waals surface area contributed by atoms with Crippen LogP contribution in [-0.4, -0.2) is 29.5 Å². The summed E-state index contributed by atoms with van der Waals surface area (Å²) in [5.74, 6) is 0.277. The van der Waals surface area contributed by atoms with E-state index in [0.29, 0.717) is 17.5 Å². The molecule has 0 spiro atoms. The lowest BCUT2D eigenvalue weighted by Crippen LogP contribution is -2.44. The maximum Gasteiger partial charge on any atom is 0.408 e.